The van der Waals surface area contributed by atoms with Crippen LogP contribution in [0.4, 0.5) is 11.4 Å². The second-order valence-electron chi connectivity index (χ2n) is 2.43. The summed E-state index contributed by atoms with van der Waals surface area (Å²) in [6.07, 6.45) is 0. The van der Waals surface area contributed by atoms with Gasteiger partial charge in [0.1, 0.15) is 0 Å². The van der Waals surface area contributed by atoms with E-state index in [1.807, 2.05) is 0 Å². The van der Waals surface area contributed by atoms with E-state index < -0.39 is 9.85 Å². The van der Waals surface area contributed by atoms with Gasteiger partial charge in [-0.3, -0.25) is 20.2 Å². The van der Waals surface area contributed by atoms with E-state index in [1.165, 1.54) is 15.7 Å². The first-order chi connectivity index (χ1) is 5.95. The lowest BCUT2D eigenvalue weighted by molar-refractivity contribution is -0.420. The lowest BCUT2D eigenvalue weighted by Gasteiger charge is -1.89. The smallest absolute Gasteiger partial charge is 0.258 e. The molecule has 0 saturated carbocycles. The third-order valence-corrected chi connectivity index (χ3v) is 2.56. The Kier molecular flexibility index (Phi) is 2.37. The molecule has 1 rings (SSSR count). The van der Waals surface area contributed by atoms with Gasteiger partial charge in [0.2, 0.25) is 0 Å². The van der Waals surface area contributed by atoms with Crippen LogP contribution in [-0.4, -0.2) is 25.5 Å². The molecule has 0 atom stereocenters. The molecule has 0 aromatic carbocycles. The van der Waals surface area contributed by atoms with Gasteiger partial charge in [-0.05, 0) is 0 Å². The number of hydrogen-bond donors (Lipinski definition) is 0. The van der Waals surface area contributed by atoms with Crippen molar-refractivity contribution in [3.05, 3.63) is 20.2 Å². The minimum Gasteiger partial charge on any atom is -0.258 e. The van der Waals surface area contributed by atoms with Crippen molar-refractivity contribution in [1.82, 2.24) is 0 Å². The molecule has 0 aliphatic rings. The maximum atomic E-state index is 10.5. The third kappa shape index (κ3) is 1.55. The second kappa shape index (κ2) is 3.17. The van der Waals surface area contributed by atoms with Gasteiger partial charge in [-0.15, -0.1) is 0 Å². The number of thiophene rings is 1. The van der Waals surface area contributed by atoms with Crippen molar-refractivity contribution in [1.29, 1.82) is 0 Å². The van der Waals surface area contributed by atoms with E-state index >= 15 is 0 Å². The summed E-state index contributed by atoms with van der Waals surface area (Å²) in [6.45, 7) is 0. The first-order valence-electron chi connectivity index (χ1n) is 3.34. The summed E-state index contributed by atoms with van der Waals surface area (Å²) >= 11 is 1.07. The number of nitrogens with zero attached hydrogens (tertiary/aromatic N) is 2. The van der Waals surface area contributed by atoms with Crippen molar-refractivity contribution in [2.75, 3.05) is 0 Å². The van der Waals surface area contributed by atoms with Gasteiger partial charge in [-0.1, -0.05) is 0 Å². The van der Waals surface area contributed by atoms with E-state index in [-0.39, 0.29) is 11.4 Å². The van der Waals surface area contributed by atoms with E-state index in [4.69, 9.17) is 0 Å². The molecule has 13 heavy (non-hydrogen) atoms. The highest BCUT2D eigenvalue weighted by molar-refractivity contribution is 7.28. The molecule has 6 nitrogen and oxygen atoms in total. The molecule has 9 heteroatoms. The summed E-state index contributed by atoms with van der Waals surface area (Å²) in [5.41, 5.74) is -0.764. The molecule has 0 radical (unpaired) electrons. The zero-order chi connectivity index (χ0) is 10.2. The summed E-state index contributed by atoms with van der Waals surface area (Å²) < 4.78 is 0.739. The lowest BCUT2D eigenvalue weighted by atomic mass is 10.0. The van der Waals surface area contributed by atoms with Gasteiger partial charge in [0.15, 0.2) is 15.7 Å². The predicted octanol–water partition coefficient (Wildman–Crippen LogP) is -1.92. The van der Waals surface area contributed by atoms with Crippen molar-refractivity contribution in [2.45, 2.75) is 0 Å². The first kappa shape index (κ1) is 9.72. The Balaban J connectivity index is 3.47. The van der Waals surface area contributed by atoms with Crippen molar-refractivity contribution in [3.63, 3.8) is 0 Å². The summed E-state index contributed by atoms with van der Waals surface area (Å²) in [4.78, 5) is 19.5. The average molecular weight is 198 g/mol. The molecule has 0 saturated heterocycles. The summed E-state index contributed by atoms with van der Waals surface area (Å²) in [5, 5.41) is 20.9. The van der Waals surface area contributed by atoms with Crippen LogP contribution in [0.1, 0.15) is 0 Å². The maximum absolute atomic E-state index is 10.5. The van der Waals surface area contributed by atoms with E-state index in [1.54, 1.807) is 0 Å². The fraction of sp³-hybridized carbons (Fsp3) is 0. The standard InChI is InChI=1S/C4H4B2N2O4S/c5-3-1(7(9)10)2(8(11)12)4(6)13-3/h5-6H2. The highest BCUT2D eigenvalue weighted by Crippen LogP contribution is 2.24. The van der Waals surface area contributed by atoms with Crippen LogP contribution >= 0.6 is 11.3 Å². The van der Waals surface area contributed by atoms with E-state index in [0.717, 1.165) is 11.3 Å². The quantitative estimate of drug-likeness (QED) is 0.314. The molecule has 0 N–H and O–H groups in total. The molecule has 0 fully saturated rings. The number of rotatable bonds is 2. The normalized spacial score (nSPS) is 9.85. The van der Waals surface area contributed by atoms with Gasteiger partial charge < -0.3 is 0 Å². The predicted molar refractivity (Wildman–Crippen MR) is 54.0 cm³/mol. The van der Waals surface area contributed by atoms with Crippen LogP contribution in [-0.2, 0) is 0 Å². The summed E-state index contributed by atoms with van der Waals surface area (Å²) in [7, 11) is 3.01. The van der Waals surface area contributed by atoms with Crippen LogP contribution in [0.15, 0.2) is 0 Å². The molecule has 0 unspecified atom stereocenters. The largest absolute Gasteiger partial charge is 0.349 e. The minimum absolute atomic E-state index is 0.370. The Bertz CT molecular complexity index is 355. The topological polar surface area (TPSA) is 86.3 Å². The van der Waals surface area contributed by atoms with E-state index in [9.17, 15) is 20.2 Å². The van der Waals surface area contributed by atoms with Crippen LogP contribution in [0.25, 0.3) is 0 Å². The molecule has 0 spiro atoms. The van der Waals surface area contributed by atoms with Crippen LogP contribution in [0.3, 0.4) is 0 Å². The first-order valence-corrected chi connectivity index (χ1v) is 4.15. The highest BCUT2D eigenvalue weighted by atomic mass is 32.1. The van der Waals surface area contributed by atoms with Gasteiger partial charge in [-0.2, -0.15) is 11.3 Å². The molecular weight excluding hydrogens is 194 g/mol. The van der Waals surface area contributed by atoms with Crippen LogP contribution in [0.5, 0.6) is 0 Å². The highest BCUT2D eigenvalue weighted by Gasteiger charge is 2.31. The molecule has 1 heterocycles. The minimum atomic E-state index is -0.711. The Hall–Kier alpha value is -1.37. The Morgan fingerprint density at radius 2 is 1.31 bits per heavy atom. The van der Waals surface area contributed by atoms with Crippen molar-refractivity contribution in [3.8, 4) is 0 Å². The molecule has 1 aromatic rings. The zero-order valence-electron chi connectivity index (χ0n) is 6.94. The molecule has 0 aliphatic carbocycles. The maximum Gasteiger partial charge on any atom is 0.349 e. The fourth-order valence-corrected chi connectivity index (χ4v) is 2.08. The van der Waals surface area contributed by atoms with Crippen LogP contribution < -0.4 is 9.55 Å². The second-order valence-corrected chi connectivity index (χ2v) is 3.85. The molecule has 66 valence electrons. The SMILES string of the molecule is Bc1sc(B)c([N+](=O)[O-])c1[N+](=O)[O-]. The Morgan fingerprint density at radius 3 is 1.54 bits per heavy atom. The average Bonchev–Trinajstić information content (AvgIpc) is 2.24. The van der Waals surface area contributed by atoms with Crippen molar-refractivity contribution in [2.24, 2.45) is 0 Å². The Labute approximate surface area is 78.7 Å². The van der Waals surface area contributed by atoms with Crippen molar-refractivity contribution >= 4 is 48.0 Å². The third-order valence-electron chi connectivity index (χ3n) is 1.56. The fourth-order valence-electron chi connectivity index (χ4n) is 1.09. The van der Waals surface area contributed by atoms with Gasteiger partial charge in [-0.25, -0.2) is 0 Å². The van der Waals surface area contributed by atoms with Crippen LogP contribution in [0, 0.1) is 20.2 Å². The van der Waals surface area contributed by atoms with Gasteiger partial charge >= 0.3 is 11.4 Å². The molecular formula is C4H4B2N2O4S. The summed E-state index contributed by atoms with van der Waals surface area (Å²) in [6, 6.07) is 0. The molecule has 0 aliphatic heterocycles. The summed E-state index contributed by atoms with van der Waals surface area (Å²) in [5.74, 6) is 0. The molecule has 1 aromatic heterocycles. The molecule has 0 amide bonds. The lowest BCUT2D eigenvalue weighted by Crippen LogP contribution is -2.06. The number of nitro groups is 2. The van der Waals surface area contributed by atoms with Gasteiger partial charge in [0.25, 0.3) is 0 Å². The van der Waals surface area contributed by atoms with E-state index in [2.05, 4.69) is 0 Å². The van der Waals surface area contributed by atoms with Gasteiger partial charge in [0, 0.05) is 9.55 Å². The zero-order valence-corrected chi connectivity index (χ0v) is 7.75. The van der Waals surface area contributed by atoms with Crippen molar-refractivity contribution < 1.29 is 9.85 Å². The monoisotopic (exact) mass is 198 g/mol. The Morgan fingerprint density at radius 1 is 1.00 bits per heavy atom. The van der Waals surface area contributed by atoms with Gasteiger partial charge in [0.05, 0.1) is 9.85 Å². The number of hydrogen-bond acceptors (Lipinski definition) is 5. The van der Waals surface area contributed by atoms with E-state index in [0.29, 0.717) is 9.55 Å². The van der Waals surface area contributed by atoms with Crippen LogP contribution in [0.2, 0.25) is 0 Å². The molecule has 0 bridgehead atoms.